The van der Waals surface area contributed by atoms with Crippen molar-refractivity contribution < 1.29 is 4.74 Å². The normalized spacial score (nSPS) is 17.6. The summed E-state index contributed by atoms with van der Waals surface area (Å²) >= 11 is 0. The number of nitrogens with one attached hydrogen (secondary N) is 1. The van der Waals surface area contributed by atoms with E-state index in [0.29, 0.717) is 31.0 Å². The summed E-state index contributed by atoms with van der Waals surface area (Å²) in [6, 6.07) is -0.240. The number of fused-ring (bicyclic) bond motifs is 1. The van der Waals surface area contributed by atoms with Crippen LogP contribution >= 0.6 is 0 Å². The van der Waals surface area contributed by atoms with E-state index < -0.39 is 0 Å². The summed E-state index contributed by atoms with van der Waals surface area (Å²) in [4.78, 5) is 18.5. The Bertz CT molecular complexity index is 398. The van der Waals surface area contributed by atoms with Gasteiger partial charge >= 0.3 is 0 Å². The van der Waals surface area contributed by atoms with Crippen molar-refractivity contribution in [2.45, 2.75) is 26.0 Å². The molecule has 3 N–H and O–H groups in total. The van der Waals surface area contributed by atoms with Gasteiger partial charge in [-0.1, -0.05) is 0 Å². The van der Waals surface area contributed by atoms with Crippen LogP contribution in [0.2, 0.25) is 0 Å². The van der Waals surface area contributed by atoms with Gasteiger partial charge in [0, 0.05) is 6.42 Å². The third-order valence-corrected chi connectivity index (χ3v) is 2.28. The van der Waals surface area contributed by atoms with Gasteiger partial charge in [0.15, 0.2) is 0 Å². The van der Waals surface area contributed by atoms with Crippen molar-refractivity contribution in [1.82, 2.24) is 9.97 Å². The SMILES string of the molecule is CC(N)c1nc2c(c(=O)[nH]1)COCC2. The molecule has 0 radical (unpaired) electrons. The van der Waals surface area contributed by atoms with E-state index in [1.807, 2.05) is 0 Å². The molecule has 0 bridgehead atoms. The van der Waals surface area contributed by atoms with Crippen molar-refractivity contribution in [3.05, 3.63) is 27.4 Å². The van der Waals surface area contributed by atoms with Gasteiger partial charge in [-0.15, -0.1) is 0 Å². The summed E-state index contributed by atoms with van der Waals surface area (Å²) in [6.45, 7) is 2.78. The van der Waals surface area contributed by atoms with Crippen molar-refractivity contribution in [2.24, 2.45) is 5.73 Å². The number of ether oxygens (including phenoxy) is 1. The molecule has 0 saturated carbocycles. The Balaban J connectivity index is 2.52. The highest BCUT2D eigenvalue weighted by molar-refractivity contribution is 5.19. The zero-order valence-corrected chi connectivity index (χ0v) is 8.04. The fourth-order valence-corrected chi connectivity index (χ4v) is 1.48. The highest BCUT2D eigenvalue weighted by Gasteiger charge is 2.16. The first-order valence-electron chi connectivity index (χ1n) is 4.64. The summed E-state index contributed by atoms with van der Waals surface area (Å²) in [7, 11) is 0. The van der Waals surface area contributed by atoms with Crippen molar-refractivity contribution in [2.75, 3.05) is 6.61 Å². The van der Waals surface area contributed by atoms with Gasteiger partial charge < -0.3 is 15.5 Å². The minimum atomic E-state index is -0.240. The maximum atomic E-state index is 11.6. The lowest BCUT2D eigenvalue weighted by molar-refractivity contribution is 0.107. The van der Waals surface area contributed by atoms with Crippen LogP contribution in [0.1, 0.15) is 30.0 Å². The number of rotatable bonds is 1. The van der Waals surface area contributed by atoms with Crippen LogP contribution in [-0.4, -0.2) is 16.6 Å². The fourth-order valence-electron chi connectivity index (χ4n) is 1.48. The van der Waals surface area contributed by atoms with Crippen LogP contribution in [0.3, 0.4) is 0 Å². The maximum Gasteiger partial charge on any atom is 0.256 e. The van der Waals surface area contributed by atoms with Crippen LogP contribution in [-0.2, 0) is 17.8 Å². The molecule has 1 aliphatic heterocycles. The Morgan fingerprint density at radius 3 is 3.14 bits per heavy atom. The molecule has 0 spiro atoms. The summed E-state index contributed by atoms with van der Waals surface area (Å²) < 4.78 is 5.19. The molecule has 5 heteroatoms. The summed E-state index contributed by atoms with van der Waals surface area (Å²) in [5, 5.41) is 0. The second kappa shape index (κ2) is 3.51. The third-order valence-electron chi connectivity index (χ3n) is 2.28. The second-order valence-electron chi connectivity index (χ2n) is 3.47. The fraction of sp³-hybridized carbons (Fsp3) is 0.556. The lowest BCUT2D eigenvalue weighted by Crippen LogP contribution is -2.27. The number of nitrogens with two attached hydrogens (primary N) is 1. The van der Waals surface area contributed by atoms with Gasteiger partial charge in [0.2, 0.25) is 0 Å². The van der Waals surface area contributed by atoms with Gasteiger partial charge in [0.05, 0.1) is 30.5 Å². The number of nitrogens with zero attached hydrogens (tertiary/aromatic N) is 1. The molecular weight excluding hydrogens is 182 g/mol. The van der Waals surface area contributed by atoms with Crippen LogP contribution in [0.15, 0.2) is 4.79 Å². The molecule has 1 aromatic heterocycles. The van der Waals surface area contributed by atoms with Gasteiger partial charge in [-0.2, -0.15) is 0 Å². The van der Waals surface area contributed by atoms with Crippen molar-refractivity contribution in [3.8, 4) is 0 Å². The summed E-state index contributed by atoms with van der Waals surface area (Å²) in [6.07, 6.45) is 0.693. The maximum absolute atomic E-state index is 11.6. The smallest absolute Gasteiger partial charge is 0.256 e. The number of H-pyrrole nitrogens is 1. The molecule has 76 valence electrons. The van der Waals surface area contributed by atoms with E-state index in [0.717, 1.165) is 5.69 Å². The molecule has 0 aliphatic carbocycles. The topological polar surface area (TPSA) is 81.0 Å². The predicted molar refractivity (Wildman–Crippen MR) is 50.8 cm³/mol. The Kier molecular flexibility index (Phi) is 2.35. The van der Waals surface area contributed by atoms with E-state index in [-0.39, 0.29) is 11.6 Å². The third kappa shape index (κ3) is 1.56. The van der Waals surface area contributed by atoms with E-state index >= 15 is 0 Å². The summed E-state index contributed by atoms with van der Waals surface area (Å²) in [5.74, 6) is 0.552. The zero-order chi connectivity index (χ0) is 10.1. The highest BCUT2D eigenvalue weighted by atomic mass is 16.5. The molecule has 2 heterocycles. The average molecular weight is 195 g/mol. The van der Waals surface area contributed by atoms with Crippen molar-refractivity contribution in [1.29, 1.82) is 0 Å². The van der Waals surface area contributed by atoms with E-state index in [9.17, 15) is 4.79 Å². The Morgan fingerprint density at radius 1 is 1.64 bits per heavy atom. The predicted octanol–water partition coefficient (Wildman–Crippen LogP) is -0.138. The number of aromatic nitrogens is 2. The first-order chi connectivity index (χ1) is 6.68. The van der Waals surface area contributed by atoms with Crippen LogP contribution in [0.4, 0.5) is 0 Å². The lowest BCUT2D eigenvalue weighted by atomic mass is 10.1. The van der Waals surface area contributed by atoms with Gasteiger partial charge in [-0.25, -0.2) is 4.98 Å². The standard InChI is InChI=1S/C9H13N3O2/c1-5(10)8-11-7-2-3-14-4-6(7)9(13)12-8/h5H,2-4,10H2,1H3,(H,11,12,13). The molecule has 0 amide bonds. The molecule has 0 aromatic carbocycles. The van der Waals surface area contributed by atoms with Crippen LogP contribution in [0, 0.1) is 0 Å². The minimum absolute atomic E-state index is 0.123. The molecule has 0 fully saturated rings. The van der Waals surface area contributed by atoms with Gasteiger partial charge in [-0.3, -0.25) is 4.79 Å². The monoisotopic (exact) mass is 195 g/mol. The quantitative estimate of drug-likeness (QED) is 0.653. The Hall–Kier alpha value is -1.20. The van der Waals surface area contributed by atoms with Gasteiger partial charge in [-0.05, 0) is 6.92 Å². The second-order valence-corrected chi connectivity index (χ2v) is 3.47. The average Bonchev–Trinajstić information content (AvgIpc) is 2.17. The van der Waals surface area contributed by atoms with Crippen molar-refractivity contribution >= 4 is 0 Å². The van der Waals surface area contributed by atoms with Crippen LogP contribution < -0.4 is 11.3 Å². The minimum Gasteiger partial charge on any atom is -0.376 e. The summed E-state index contributed by atoms with van der Waals surface area (Å²) in [5.41, 5.74) is 6.99. The molecule has 5 nitrogen and oxygen atoms in total. The molecule has 1 aromatic rings. The highest BCUT2D eigenvalue weighted by Crippen LogP contribution is 2.11. The molecule has 14 heavy (non-hydrogen) atoms. The largest absolute Gasteiger partial charge is 0.376 e. The van der Waals surface area contributed by atoms with E-state index in [4.69, 9.17) is 10.5 Å². The Morgan fingerprint density at radius 2 is 2.43 bits per heavy atom. The Labute approximate surface area is 81.3 Å². The number of aromatic amines is 1. The van der Waals surface area contributed by atoms with E-state index in [2.05, 4.69) is 9.97 Å². The van der Waals surface area contributed by atoms with E-state index in [1.165, 1.54) is 0 Å². The number of hydrogen-bond donors (Lipinski definition) is 2. The van der Waals surface area contributed by atoms with Crippen molar-refractivity contribution in [3.63, 3.8) is 0 Å². The molecule has 0 saturated heterocycles. The molecule has 1 atom stereocenters. The van der Waals surface area contributed by atoms with Gasteiger partial charge in [0.25, 0.3) is 5.56 Å². The molecular formula is C9H13N3O2. The van der Waals surface area contributed by atoms with E-state index in [1.54, 1.807) is 6.92 Å². The van der Waals surface area contributed by atoms with Gasteiger partial charge in [0.1, 0.15) is 5.82 Å². The van der Waals surface area contributed by atoms with Crippen LogP contribution in [0.5, 0.6) is 0 Å². The number of hydrogen-bond acceptors (Lipinski definition) is 4. The zero-order valence-electron chi connectivity index (χ0n) is 8.04. The first-order valence-corrected chi connectivity index (χ1v) is 4.64. The molecule has 1 aliphatic rings. The van der Waals surface area contributed by atoms with Crippen LogP contribution in [0.25, 0.3) is 0 Å². The lowest BCUT2D eigenvalue weighted by Gasteiger charge is -2.16. The molecule has 2 rings (SSSR count). The molecule has 1 unspecified atom stereocenters. The first kappa shape index (κ1) is 9.36.